The van der Waals surface area contributed by atoms with Crippen molar-refractivity contribution in [2.24, 2.45) is 0 Å². The minimum Gasteiger partial charge on any atom is -0.506 e. The second-order valence-electron chi connectivity index (χ2n) is 3.05. The lowest BCUT2D eigenvalue weighted by Crippen LogP contribution is -2.16. The summed E-state index contributed by atoms with van der Waals surface area (Å²) in [6, 6.07) is 1.60. The van der Waals surface area contributed by atoms with Gasteiger partial charge in [0.15, 0.2) is 0 Å². The highest BCUT2D eigenvalue weighted by Gasteiger charge is 2.15. The molecule has 0 aliphatic carbocycles. The highest BCUT2D eigenvalue weighted by atomic mass is 32.1. The molecular weight excluding hydrogens is 214 g/mol. The zero-order valence-corrected chi connectivity index (χ0v) is 9.28. The quantitative estimate of drug-likeness (QED) is 0.865. The summed E-state index contributed by atoms with van der Waals surface area (Å²) in [5.74, 6) is 1.06. The molecule has 0 fully saturated rings. The molecule has 2 aromatic heterocycles. The fourth-order valence-corrected chi connectivity index (χ4v) is 1.77. The molecule has 6 heteroatoms. The lowest BCUT2D eigenvalue weighted by molar-refractivity contribution is 0.426. The molecule has 0 aliphatic rings. The maximum absolute atomic E-state index is 9.48. The van der Waals surface area contributed by atoms with Crippen LogP contribution in [0.5, 0.6) is 5.75 Å². The summed E-state index contributed by atoms with van der Waals surface area (Å²) in [6.45, 7) is 2.80. The van der Waals surface area contributed by atoms with Gasteiger partial charge in [0.05, 0.1) is 0 Å². The average Bonchev–Trinajstić information content (AvgIpc) is 2.84. The molecule has 0 unspecified atom stereocenters. The Morgan fingerprint density at radius 3 is 3.00 bits per heavy atom. The van der Waals surface area contributed by atoms with Crippen LogP contribution < -0.4 is 4.90 Å². The number of aromatic hydroxyl groups is 1. The summed E-state index contributed by atoms with van der Waals surface area (Å²) in [7, 11) is 1.88. The molecule has 0 spiro atoms. The first-order valence-electron chi connectivity index (χ1n) is 4.54. The third-order valence-corrected chi connectivity index (χ3v) is 2.96. The van der Waals surface area contributed by atoms with Crippen molar-refractivity contribution in [3.05, 3.63) is 11.4 Å². The van der Waals surface area contributed by atoms with Gasteiger partial charge in [-0.1, -0.05) is 0 Å². The molecule has 0 bridgehead atoms. The monoisotopic (exact) mass is 225 g/mol. The molecular formula is C9H11N3O2S. The third kappa shape index (κ3) is 1.80. The molecule has 0 aliphatic heterocycles. The Labute approximate surface area is 91.0 Å². The molecule has 0 saturated heterocycles. The van der Waals surface area contributed by atoms with Crippen molar-refractivity contribution in [1.82, 2.24) is 10.1 Å². The Bertz CT molecular complexity index is 452. The molecule has 2 aromatic rings. The van der Waals surface area contributed by atoms with E-state index < -0.39 is 0 Å². The van der Waals surface area contributed by atoms with Gasteiger partial charge in [-0.3, -0.25) is 0 Å². The van der Waals surface area contributed by atoms with E-state index in [0.29, 0.717) is 16.7 Å². The van der Waals surface area contributed by atoms with Crippen LogP contribution in [0.25, 0.3) is 10.8 Å². The van der Waals surface area contributed by atoms with Crippen molar-refractivity contribution >= 4 is 17.3 Å². The van der Waals surface area contributed by atoms with Crippen molar-refractivity contribution < 1.29 is 9.63 Å². The summed E-state index contributed by atoms with van der Waals surface area (Å²) >= 11 is 1.37. The van der Waals surface area contributed by atoms with Crippen LogP contribution in [0.3, 0.4) is 0 Å². The second kappa shape index (κ2) is 3.90. The van der Waals surface area contributed by atoms with Crippen LogP contribution in [-0.4, -0.2) is 28.8 Å². The molecule has 15 heavy (non-hydrogen) atoms. The summed E-state index contributed by atoms with van der Waals surface area (Å²) in [6.07, 6.45) is 0. The van der Waals surface area contributed by atoms with Gasteiger partial charge >= 0.3 is 0 Å². The van der Waals surface area contributed by atoms with Crippen molar-refractivity contribution in [2.45, 2.75) is 6.92 Å². The van der Waals surface area contributed by atoms with Crippen LogP contribution >= 0.6 is 11.3 Å². The molecule has 5 nitrogen and oxygen atoms in total. The number of thiophene rings is 1. The zero-order valence-electron chi connectivity index (χ0n) is 8.47. The smallest absolute Gasteiger partial charge is 0.273 e. The standard InChI is InChI=1S/C9H11N3O2S/c1-3-12(2)9-10-8(14-11-9)7-6(13)4-5-15-7/h4-5,13H,3H2,1-2H3. The lowest BCUT2D eigenvalue weighted by atomic mass is 10.4. The number of aromatic nitrogens is 2. The summed E-state index contributed by atoms with van der Waals surface area (Å²) < 4.78 is 5.06. The molecule has 0 atom stereocenters. The first kappa shape index (κ1) is 9.97. The molecule has 0 amide bonds. The highest BCUT2D eigenvalue weighted by molar-refractivity contribution is 7.13. The predicted octanol–water partition coefficient (Wildman–Crippen LogP) is 1.96. The Morgan fingerprint density at radius 2 is 2.40 bits per heavy atom. The van der Waals surface area contributed by atoms with Gasteiger partial charge in [0.1, 0.15) is 10.6 Å². The molecule has 80 valence electrons. The third-order valence-electron chi connectivity index (χ3n) is 2.07. The Kier molecular flexibility index (Phi) is 2.59. The number of hydrogen-bond donors (Lipinski definition) is 1. The molecule has 0 aromatic carbocycles. The maximum Gasteiger partial charge on any atom is 0.273 e. The topological polar surface area (TPSA) is 62.4 Å². The van der Waals surface area contributed by atoms with Gasteiger partial charge in [0.25, 0.3) is 11.8 Å². The summed E-state index contributed by atoms with van der Waals surface area (Å²) in [5.41, 5.74) is 0. The van der Waals surface area contributed by atoms with Crippen LogP contribution in [-0.2, 0) is 0 Å². The van der Waals surface area contributed by atoms with Gasteiger partial charge in [-0.15, -0.1) is 11.3 Å². The van der Waals surface area contributed by atoms with Crippen molar-refractivity contribution in [3.8, 4) is 16.5 Å². The van der Waals surface area contributed by atoms with E-state index in [2.05, 4.69) is 10.1 Å². The normalized spacial score (nSPS) is 10.5. The first-order chi connectivity index (χ1) is 7.22. The zero-order chi connectivity index (χ0) is 10.8. The number of hydrogen-bond acceptors (Lipinski definition) is 6. The first-order valence-corrected chi connectivity index (χ1v) is 5.42. The number of rotatable bonds is 3. The molecule has 1 N–H and O–H groups in total. The SMILES string of the molecule is CCN(C)c1noc(-c2sccc2O)n1. The van der Waals surface area contributed by atoms with Crippen LogP contribution in [0, 0.1) is 0 Å². The fraction of sp³-hybridized carbons (Fsp3) is 0.333. The van der Waals surface area contributed by atoms with Gasteiger partial charge in [0, 0.05) is 13.6 Å². The minimum absolute atomic E-state index is 0.175. The van der Waals surface area contributed by atoms with E-state index >= 15 is 0 Å². The molecule has 0 radical (unpaired) electrons. The lowest BCUT2D eigenvalue weighted by Gasteiger charge is -2.08. The van der Waals surface area contributed by atoms with E-state index in [0.717, 1.165) is 6.54 Å². The van der Waals surface area contributed by atoms with E-state index in [4.69, 9.17) is 4.52 Å². The van der Waals surface area contributed by atoms with Gasteiger partial charge < -0.3 is 14.5 Å². The Morgan fingerprint density at radius 1 is 1.60 bits per heavy atom. The predicted molar refractivity (Wildman–Crippen MR) is 58.2 cm³/mol. The van der Waals surface area contributed by atoms with Crippen LogP contribution in [0.15, 0.2) is 16.0 Å². The van der Waals surface area contributed by atoms with Crippen LogP contribution in [0.1, 0.15) is 6.92 Å². The average molecular weight is 225 g/mol. The largest absolute Gasteiger partial charge is 0.506 e. The van der Waals surface area contributed by atoms with E-state index in [1.807, 2.05) is 18.9 Å². The Hall–Kier alpha value is -1.56. The van der Waals surface area contributed by atoms with E-state index in [1.165, 1.54) is 11.3 Å². The molecule has 2 rings (SSSR count). The van der Waals surface area contributed by atoms with Crippen LogP contribution in [0.2, 0.25) is 0 Å². The van der Waals surface area contributed by atoms with E-state index in [9.17, 15) is 5.11 Å². The fourth-order valence-electron chi connectivity index (χ4n) is 1.07. The Balaban J connectivity index is 2.32. The number of nitrogens with zero attached hydrogens (tertiary/aromatic N) is 3. The second-order valence-corrected chi connectivity index (χ2v) is 3.96. The maximum atomic E-state index is 9.48. The van der Waals surface area contributed by atoms with Crippen molar-refractivity contribution in [1.29, 1.82) is 0 Å². The summed E-state index contributed by atoms with van der Waals surface area (Å²) in [5, 5.41) is 15.1. The van der Waals surface area contributed by atoms with E-state index in [1.54, 1.807) is 11.4 Å². The van der Waals surface area contributed by atoms with Crippen LogP contribution in [0.4, 0.5) is 5.95 Å². The molecule has 2 heterocycles. The van der Waals surface area contributed by atoms with E-state index in [-0.39, 0.29) is 5.75 Å². The highest BCUT2D eigenvalue weighted by Crippen LogP contribution is 2.33. The van der Waals surface area contributed by atoms with Gasteiger partial charge in [-0.05, 0) is 23.5 Å². The summed E-state index contributed by atoms with van der Waals surface area (Å²) in [4.78, 5) is 6.65. The van der Waals surface area contributed by atoms with Gasteiger partial charge in [-0.25, -0.2) is 0 Å². The minimum atomic E-state index is 0.175. The van der Waals surface area contributed by atoms with Crippen molar-refractivity contribution in [3.63, 3.8) is 0 Å². The van der Waals surface area contributed by atoms with Crippen molar-refractivity contribution in [2.75, 3.05) is 18.5 Å². The molecule has 0 saturated carbocycles. The van der Waals surface area contributed by atoms with Gasteiger partial charge in [-0.2, -0.15) is 4.98 Å². The van der Waals surface area contributed by atoms with Gasteiger partial charge in [0.2, 0.25) is 0 Å². The number of anilines is 1.